The molecule has 7 heteroatoms. The quantitative estimate of drug-likeness (QED) is 0.890. The Morgan fingerprint density at radius 3 is 2.48 bits per heavy atom. The van der Waals surface area contributed by atoms with E-state index in [4.69, 9.17) is 4.52 Å². The number of hydrogen-bond donors (Lipinski definition) is 2. The lowest BCUT2D eigenvalue weighted by Crippen LogP contribution is -2.42. The fourth-order valence-corrected chi connectivity index (χ4v) is 2.29. The van der Waals surface area contributed by atoms with Crippen LogP contribution in [0.25, 0.3) is 0 Å². The van der Waals surface area contributed by atoms with Crippen molar-refractivity contribution in [1.29, 1.82) is 0 Å². The molecule has 0 aliphatic rings. The maximum atomic E-state index is 13.6. The van der Waals surface area contributed by atoms with Crippen LogP contribution in [0, 0.1) is 12.7 Å². The number of rotatable bonds is 4. The standard InChI is InChI=1S/C18H22FN3O3/c1-10(16(23)21-13-9-7-6-8-12(13)19)20-17(24)14-11(2)25-22-15(14)18(3,4)5/h6-10H,1-5H3,(H,20,24)(H,21,23). The molecule has 0 radical (unpaired) electrons. The molecule has 0 bridgehead atoms. The van der Waals surface area contributed by atoms with Crippen molar-refractivity contribution in [3.63, 3.8) is 0 Å². The summed E-state index contributed by atoms with van der Waals surface area (Å²) < 4.78 is 18.7. The van der Waals surface area contributed by atoms with Gasteiger partial charge in [-0.2, -0.15) is 0 Å². The molecule has 2 rings (SSSR count). The van der Waals surface area contributed by atoms with Gasteiger partial charge in [0, 0.05) is 5.41 Å². The Morgan fingerprint density at radius 2 is 1.88 bits per heavy atom. The number of nitrogens with one attached hydrogen (secondary N) is 2. The van der Waals surface area contributed by atoms with Gasteiger partial charge >= 0.3 is 0 Å². The van der Waals surface area contributed by atoms with Crippen LogP contribution in [0.5, 0.6) is 0 Å². The van der Waals surface area contributed by atoms with Crippen LogP contribution >= 0.6 is 0 Å². The third-order valence-electron chi connectivity index (χ3n) is 3.67. The summed E-state index contributed by atoms with van der Waals surface area (Å²) in [5, 5.41) is 9.01. The van der Waals surface area contributed by atoms with Crippen molar-refractivity contribution in [2.24, 2.45) is 0 Å². The smallest absolute Gasteiger partial charge is 0.257 e. The van der Waals surface area contributed by atoms with Crippen molar-refractivity contribution in [3.8, 4) is 0 Å². The summed E-state index contributed by atoms with van der Waals surface area (Å²) in [5.41, 5.74) is 0.510. The summed E-state index contributed by atoms with van der Waals surface area (Å²) in [5.74, 6) is -1.15. The number of hydrogen-bond acceptors (Lipinski definition) is 4. The number of aryl methyl sites for hydroxylation is 1. The zero-order valence-electron chi connectivity index (χ0n) is 14.9. The Kier molecular flexibility index (Phi) is 5.25. The van der Waals surface area contributed by atoms with Crippen molar-refractivity contribution >= 4 is 17.5 Å². The summed E-state index contributed by atoms with van der Waals surface area (Å²) in [7, 11) is 0. The van der Waals surface area contributed by atoms with Crippen molar-refractivity contribution < 1.29 is 18.5 Å². The number of aromatic nitrogens is 1. The van der Waals surface area contributed by atoms with E-state index < -0.39 is 23.7 Å². The van der Waals surface area contributed by atoms with Gasteiger partial charge in [0.2, 0.25) is 5.91 Å². The number of carbonyl (C=O) groups is 2. The van der Waals surface area contributed by atoms with Gasteiger partial charge in [-0.05, 0) is 26.0 Å². The predicted molar refractivity (Wildman–Crippen MR) is 91.9 cm³/mol. The number of anilines is 1. The molecule has 1 aromatic heterocycles. The van der Waals surface area contributed by atoms with Crippen molar-refractivity contribution in [2.75, 3.05) is 5.32 Å². The Balaban J connectivity index is 2.12. The first kappa shape index (κ1) is 18.6. The molecule has 2 aromatic rings. The van der Waals surface area contributed by atoms with Gasteiger partial charge in [-0.1, -0.05) is 38.1 Å². The van der Waals surface area contributed by atoms with Gasteiger partial charge in [-0.3, -0.25) is 9.59 Å². The molecule has 2 N–H and O–H groups in total. The van der Waals surface area contributed by atoms with Crippen LogP contribution in [-0.4, -0.2) is 23.0 Å². The Morgan fingerprint density at radius 1 is 1.24 bits per heavy atom. The number of amides is 2. The van der Waals surface area contributed by atoms with Crippen LogP contribution in [0.3, 0.4) is 0 Å². The van der Waals surface area contributed by atoms with Crippen LogP contribution in [0.15, 0.2) is 28.8 Å². The summed E-state index contributed by atoms with van der Waals surface area (Å²) in [6.45, 7) is 8.90. The average molecular weight is 347 g/mol. The van der Waals surface area contributed by atoms with Gasteiger partial charge in [0.25, 0.3) is 5.91 Å². The molecule has 1 atom stereocenters. The molecule has 0 spiro atoms. The lowest BCUT2D eigenvalue weighted by atomic mass is 9.88. The highest BCUT2D eigenvalue weighted by molar-refractivity contribution is 6.02. The van der Waals surface area contributed by atoms with Crippen LogP contribution in [0.4, 0.5) is 10.1 Å². The van der Waals surface area contributed by atoms with Crippen LogP contribution in [0.1, 0.15) is 49.5 Å². The van der Waals surface area contributed by atoms with E-state index in [1.165, 1.54) is 25.1 Å². The number of halogens is 1. The summed E-state index contributed by atoms with van der Waals surface area (Å²) in [6, 6.07) is 4.96. The molecule has 6 nitrogen and oxygen atoms in total. The minimum atomic E-state index is -0.866. The Hall–Kier alpha value is -2.70. The predicted octanol–water partition coefficient (Wildman–Crippen LogP) is 3.18. The van der Waals surface area contributed by atoms with E-state index in [-0.39, 0.29) is 11.1 Å². The van der Waals surface area contributed by atoms with Crippen LogP contribution < -0.4 is 10.6 Å². The summed E-state index contributed by atoms with van der Waals surface area (Å²) in [6.07, 6.45) is 0. The first-order valence-electron chi connectivity index (χ1n) is 7.94. The van der Waals surface area contributed by atoms with E-state index in [1.807, 2.05) is 20.8 Å². The van der Waals surface area contributed by atoms with E-state index in [0.717, 1.165) is 0 Å². The van der Waals surface area contributed by atoms with Gasteiger partial charge in [0.1, 0.15) is 28.9 Å². The maximum absolute atomic E-state index is 13.6. The number of nitrogens with zero attached hydrogens (tertiary/aromatic N) is 1. The molecule has 0 fully saturated rings. The second-order valence-corrected chi connectivity index (χ2v) is 6.88. The van der Waals surface area contributed by atoms with Crippen molar-refractivity contribution in [2.45, 2.75) is 46.1 Å². The van der Waals surface area contributed by atoms with Crippen LogP contribution in [0.2, 0.25) is 0 Å². The molecule has 134 valence electrons. The number of carbonyl (C=O) groups excluding carboxylic acids is 2. The summed E-state index contributed by atoms with van der Waals surface area (Å²) >= 11 is 0. The van der Waals surface area contributed by atoms with Crippen LogP contribution in [-0.2, 0) is 10.2 Å². The minimum Gasteiger partial charge on any atom is -0.361 e. The zero-order valence-corrected chi connectivity index (χ0v) is 14.9. The molecule has 0 saturated heterocycles. The van der Waals surface area contributed by atoms with Crippen molar-refractivity contribution in [1.82, 2.24) is 10.5 Å². The highest BCUT2D eigenvalue weighted by Gasteiger charge is 2.30. The van der Waals surface area contributed by atoms with Gasteiger partial charge in [0.05, 0.1) is 5.69 Å². The van der Waals surface area contributed by atoms with Gasteiger partial charge < -0.3 is 15.2 Å². The monoisotopic (exact) mass is 347 g/mol. The number of benzene rings is 1. The second kappa shape index (κ2) is 7.04. The first-order valence-corrected chi connectivity index (χ1v) is 7.94. The molecule has 2 amide bonds. The Labute approximate surface area is 145 Å². The van der Waals surface area contributed by atoms with Gasteiger partial charge in [0.15, 0.2) is 0 Å². The highest BCUT2D eigenvalue weighted by atomic mass is 19.1. The lowest BCUT2D eigenvalue weighted by Gasteiger charge is -2.18. The van der Waals surface area contributed by atoms with Gasteiger partial charge in [-0.15, -0.1) is 0 Å². The average Bonchev–Trinajstić information content (AvgIpc) is 2.91. The fraction of sp³-hybridized carbons (Fsp3) is 0.389. The molecule has 1 heterocycles. The third kappa shape index (κ3) is 4.23. The van der Waals surface area contributed by atoms with E-state index in [9.17, 15) is 14.0 Å². The van der Waals surface area contributed by atoms with E-state index in [0.29, 0.717) is 17.0 Å². The highest BCUT2D eigenvalue weighted by Crippen LogP contribution is 2.26. The van der Waals surface area contributed by atoms with E-state index in [1.54, 1.807) is 13.0 Å². The molecule has 1 unspecified atom stereocenters. The molecule has 0 saturated carbocycles. The Bertz CT molecular complexity index is 793. The van der Waals surface area contributed by atoms with Crippen molar-refractivity contribution in [3.05, 3.63) is 47.1 Å². The second-order valence-electron chi connectivity index (χ2n) is 6.88. The molecule has 0 aliphatic heterocycles. The molecule has 25 heavy (non-hydrogen) atoms. The molecular formula is C18H22FN3O3. The zero-order chi connectivity index (χ0) is 18.8. The lowest BCUT2D eigenvalue weighted by molar-refractivity contribution is -0.117. The fourth-order valence-electron chi connectivity index (χ4n) is 2.29. The normalized spacial score (nSPS) is 12.6. The maximum Gasteiger partial charge on any atom is 0.257 e. The van der Waals surface area contributed by atoms with E-state index >= 15 is 0 Å². The van der Waals surface area contributed by atoms with Gasteiger partial charge in [-0.25, -0.2) is 4.39 Å². The molecule has 1 aromatic carbocycles. The molecular weight excluding hydrogens is 325 g/mol. The first-order chi connectivity index (χ1) is 11.6. The largest absolute Gasteiger partial charge is 0.361 e. The molecule has 0 aliphatic carbocycles. The third-order valence-corrected chi connectivity index (χ3v) is 3.67. The SMILES string of the molecule is Cc1onc(C(C)(C)C)c1C(=O)NC(C)C(=O)Nc1ccccc1F. The topological polar surface area (TPSA) is 84.2 Å². The number of para-hydroxylation sites is 1. The summed E-state index contributed by atoms with van der Waals surface area (Å²) in [4.78, 5) is 24.8. The van der Waals surface area contributed by atoms with E-state index in [2.05, 4.69) is 15.8 Å². The minimum absolute atomic E-state index is 0.0603.